The van der Waals surface area contributed by atoms with Crippen LogP contribution in [0.2, 0.25) is 0 Å². The molecular weight excluding hydrogens is 226 g/mol. The highest BCUT2D eigenvalue weighted by atomic mass is 19.2. The van der Waals surface area contributed by atoms with Crippen molar-refractivity contribution in [2.24, 2.45) is 5.92 Å². The third kappa shape index (κ3) is 3.97. The number of benzene rings is 1. The van der Waals surface area contributed by atoms with Gasteiger partial charge in [0.05, 0.1) is 12.7 Å². The van der Waals surface area contributed by atoms with Crippen molar-refractivity contribution >= 4 is 0 Å². The Kier molecular flexibility index (Phi) is 4.87. The lowest BCUT2D eigenvalue weighted by Gasteiger charge is -2.12. The summed E-state index contributed by atoms with van der Waals surface area (Å²) in [6.07, 6.45) is -0.0856. The molecule has 0 radical (unpaired) electrons. The maximum absolute atomic E-state index is 13.4. The average molecular weight is 244 g/mol. The highest BCUT2D eigenvalue weighted by molar-refractivity contribution is 5.32. The topological polar surface area (TPSA) is 29.5 Å². The predicted molar refractivity (Wildman–Crippen MR) is 61.9 cm³/mol. The molecule has 1 aromatic rings. The summed E-state index contributed by atoms with van der Waals surface area (Å²) in [5, 5.41) is 9.33. The SMILES string of the molecule is CC(C)CCOc1cc([C@@H](C)O)cc(F)c1F. The van der Waals surface area contributed by atoms with Crippen LogP contribution < -0.4 is 4.74 Å². The Hall–Kier alpha value is -1.16. The van der Waals surface area contributed by atoms with E-state index in [0.29, 0.717) is 18.1 Å². The van der Waals surface area contributed by atoms with Crippen LogP contribution in [0.3, 0.4) is 0 Å². The molecule has 1 rings (SSSR count). The number of rotatable bonds is 5. The highest BCUT2D eigenvalue weighted by Crippen LogP contribution is 2.25. The van der Waals surface area contributed by atoms with Crippen LogP contribution in [0.15, 0.2) is 12.1 Å². The van der Waals surface area contributed by atoms with Crippen molar-refractivity contribution < 1.29 is 18.6 Å². The van der Waals surface area contributed by atoms with E-state index in [1.54, 1.807) is 0 Å². The molecule has 1 atom stereocenters. The summed E-state index contributed by atoms with van der Waals surface area (Å²) in [4.78, 5) is 0. The van der Waals surface area contributed by atoms with Crippen LogP contribution >= 0.6 is 0 Å². The first-order valence-corrected chi connectivity index (χ1v) is 5.71. The van der Waals surface area contributed by atoms with Gasteiger partial charge in [-0.05, 0) is 37.0 Å². The summed E-state index contributed by atoms with van der Waals surface area (Å²) in [6, 6.07) is 2.32. The Balaban J connectivity index is 2.82. The van der Waals surface area contributed by atoms with E-state index in [-0.39, 0.29) is 5.75 Å². The van der Waals surface area contributed by atoms with Crippen molar-refractivity contribution in [3.8, 4) is 5.75 Å². The number of hydrogen-bond acceptors (Lipinski definition) is 2. The van der Waals surface area contributed by atoms with E-state index < -0.39 is 17.7 Å². The van der Waals surface area contributed by atoms with Crippen LogP contribution in [0, 0.1) is 17.6 Å². The standard InChI is InChI=1S/C13H18F2O2/c1-8(2)4-5-17-12-7-10(9(3)16)6-11(14)13(12)15/h6-9,16H,4-5H2,1-3H3/t9-/m1/s1. The Morgan fingerprint density at radius 2 is 1.88 bits per heavy atom. The Morgan fingerprint density at radius 1 is 1.24 bits per heavy atom. The molecule has 0 aliphatic heterocycles. The zero-order valence-corrected chi connectivity index (χ0v) is 10.3. The molecule has 1 N–H and O–H groups in total. The molecule has 0 unspecified atom stereocenters. The third-order valence-electron chi connectivity index (χ3n) is 2.45. The molecular formula is C13H18F2O2. The van der Waals surface area contributed by atoms with Gasteiger partial charge < -0.3 is 9.84 Å². The van der Waals surface area contributed by atoms with E-state index in [0.717, 1.165) is 12.5 Å². The molecule has 2 nitrogen and oxygen atoms in total. The summed E-state index contributed by atoms with van der Waals surface area (Å²) in [7, 11) is 0. The predicted octanol–water partition coefficient (Wildman–Crippen LogP) is 3.44. The molecule has 0 aromatic heterocycles. The van der Waals surface area contributed by atoms with E-state index in [1.165, 1.54) is 13.0 Å². The number of aliphatic hydroxyl groups is 1. The van der Waals surface area contributed by atoms with Gasteiger partial charge in [-0.15, -0.1) is 0 Å². The average Bonchev–Trinajstić information content (AvgIpc) is 2.23. The van der Waals surface area contributed by atoms with Gasteiger partial charge in [-0.25, -0.2) is 4.39 Å². The van der Waals surface area contributed by atoms with Crippen molar-refractivity contribution in [3.05, 3.63) is 29.3 Å². The largest absolute Gasteiger partial charge is 0.490 e. The van der Waals surface area contributed by atoms with Crippen LogP contribution in [0.4, 0.5) is 8.78 Å². The van der Waals surface area contributed by atoms with Crippen LogP contribution in [-0.4, -0.2) is 11.7 Å². The summed E-state index contributed by atoms with van der Waals surface area (Å²) >= 11 is 0. The molecule has 4 heteroatoms. The van der Waals surface area contributed by atoms with E-state index in [2.05, 4.69) is 0 Å². The zero-order valence-electron chi connectivity index (χ0n) is 10.3. The summed E-state index contributed by atoms with van der Waals surface area (Å²) < 4.78 is 31.8. The van der Waals surface area contributed by atoms with Crippen LogP contribution in [0.1, 0.15) is 38.9 Å². The van der Waals surface area contributed by atoms with Gasteiger partial charge in [-0.1, -0.05) is 13.8 Å². The zero-order chi connectivity index (χ0) is 13.0. The minimum absolute atomic E-state index is 0.137. The normalized spacial score (nSPS) is 12.9. The second-order valence-electron chi connectivity index (χ2n) is 4.52. The molecule has 0 saturated heterocycles. The van der Waals surface area contributed by atoms with Crippen molar-refractivity contribution in [1.29, 1.82) is 0 Å². The minimum atomic E-state index is -1.00. The fourth-order valence-electron chi connectivity index (χ4n) is 1.33. The van der Waals surface area contributed by atoms with E-state index in [1.807, 2.05) is 13.8 Å². The number of hydrogen-bond donors (Lipinski definition) is 1. The lowest BCUT2D eigenvalue weighted by atomic mass is 10.1. The summed E-state index contributed by atoms with van der Waals surface area (Å²) in [6.45, 7) is 5.86. The molecule has 0 saturated carbocycles. The maximum atomic E-state index is 13.4. The Morgan fingerprint density at radius 3 is 2.41 bits per heavy atom. The number of halogens is 2. The molecule has 0 spiro atoms. The molecule has 1 aromatic carbocycles. The van der Waals surface area contributed by atoms with E-state index >= 15 is 0 Å². The second kappa shape index (κ2) is 5.96. The summed E-state index contributed by atoms with van der Waals surface area (Å²) in [5.41, 5.74) is 0.309. The van der Waals surface area contributed by atoms with Crippen molar-refractivity contribution in [2.45, 2.75) is 33.3 Å². The van der Waals surface area contributed by atoms with Crippen LogP contribution in [-0.2, 0) is 0 Å². The maximum Gasteiger partial charge on any atom is 0.200 e. The third-order valence-corrected chi connectivity index (χ3v) is 2.45. The van der Waals surface area contributed by atoms with Gasteiger partial charge in [0.1, 0.15) is 0 Å². The molecule has 0 amide bonds. The van der Waals surface area contributed by atoms with Gasteiger partial charge in [0.15, 0.2) is 11.6 Å². The van der Waals surface area contributed by atoms with Gasteiger partial charge in [0.25, 0.3) is 0 Å². The van der Waals surface area contributed by atoms with E-state index in [9.17, 15) is 13.9 Å². The Labute approximate surface area is 100 Å². The first kappa shape index (κ1) is 13.9. The van der Waals surface area contributed by atoms with Crippen molar-refractivity contribution in [1.82, 2.24) is 0 Å². The lowest BCUT2D eigenvalue weighted by molar-refractivity contribution is 0.197. The monoisotopic (exact) mass is 244 g/mol. The summed E-state index contributed by atoms with van der Waals surface area (Å²) in [5.74, 6) is -1.70. The fourth-order valence-corrected chi connectivity index (χ4v) is 1.33. The van der Waals surface area contributed by atoms with Gasteiger partial charge in [0.2, 0.25) is 5.82 Å². The molecule has 96 valence electrons. The van der Waals surface area contributed by atoms with Gasteiger partial charge >= 0.3 is 0 Å². The first-order chi connectivity index (χ1) is 7.91. The molecule has 0 bridgehead atoms. The molecule has 0 fully saturated rings. The van der Waals surface area contributed by atoms with Gasteiger partial charge in [0, 0.05) is 0 Å². The Bertz CT molecular complexity index is 376. The fraction of sp³-hybridized carbons (Fsp3) is 0.538. The van der Waals surface area contributed by atoms with Crippen LogP contribution in [0.25, 0.3) is 0 Å². The van der Waals surface area contributed by atoms with Crippen molar-refractivity contribution in [3.63, 3.8) is 0 Å². The molecule has 0 aliphatic rings. The van der Waals surface area contributed by atoms with Gasteiger partial charge in [-0.2, -0.15) is 4.39 Å². The molecule has 0 heterocycles. The van der Waals surface area contributed by atoms with Crippen LogP contribution in [0.5, 0.6) is 5.75 Å². The lowest BCUT2D eigenvalue weighted by Crippen LogP contribution is -2.05. The smallest absolute Gasteiger partial charge is 0.200 e. The first-order valence-electron chi connectivity index (χ1n) is 5.71. The second-order valence-corrected chi connectivity index (χ2v) is 4.52. The van der Waals surface area contributed by atoms with Crippen molar-refractivity contribution in [2.75, 3.05) is 6.61 Å². The number of aliphatic hydroxyl groups excluding tert-OH is 1. The molecule has 0 aliphatic carbocycles. The minimum Gasteiger partial charge on any atom is -0.490 e. The van der Waals surface area contributed by atoms with Gasteiger partial charge in [-0.3, -0.25) is 0 Å². The highest BCUT2D eigenvalue weighted by Gasteiger charge is 2.14. The molecule has 17 heavy (non-hydrogen) atoms. The quantitative estimate of drug-likeness (QED) is 0.859. The number of ether oxygens (including phenoxy) is 1. The van der Waals surface area contributed by atoms with E-state index in [4.69, 9.17) is 4.74 Å².